The van der Waals surface area contributed by atoms with Crippen LogP contribution in [0.2, 0.25) is 0 Å². The Kier molecular flexibility index (Phi) is 6.69. The number of nitrogens with zero attached hydrogens (tertiary/aromatic N) is 1. The van der Waals surface area contributed by atoms with Gasteiger partial charge in [-0.2, -0.15) is 0 Å². The Labute approximate surface area is 176 Å². The lowest BCUT2D eigenvalue weighted by Crippen LogP contribution is -2.29. The summed E-state index contributed by atoms with van der Waals surface area (Å²) in [5.74, 6) is -0.428. The van der Waals surface area contributed by atoms with Crippen LogP contribution in [0, 0.1) is 5.92 Å². The molecule has 30 heavy (non-hydrogen) atoms. The smallest absolute Gasteiger partial charge is 0.257 e. The van der Waals surface area contributed by atoms with Gasteiger partial charge in [0.25, 0.3) is 5.91 Å². The molecule has 158 valence electrons. The molecule has 0 unspecified atom stereocenters. The molecule has 3 rings (SSSR count). The van der Waals surface area contributed by atoms with Crippen molar-refractivity contribution in [3.63, 3.8) is 0 Å². The van der Waals surface area contributed by atoms with Crippen molar-refractivity contribution >= 4 is 33.2 Å². The van der Waals surface area contributed by atoms with Gasteiger partial charge in [0.1, 0.15) is 0 Å². The molecule has 2 amide bonds. The number of anilines is 2. The summed E-state index contributed by atoms with van der Waals surface area (Å²) in [5.41, 5.74) is 2.09. The van der Waals surface area contributed by atoms with Crippen LogP contribution < -0.4 is 14.9 Å². The fourth-order valence-corrected chi connectivity index (χ4v) is 4.13. The van der Waals surface area contributed by atoms with Crippen molar-refractivity contribution in [3.8, 4) is 0 Å². The minimum absolute atomic E-state index is 0.0193. The summed E-state index contributed by atoms with van der Waals surface area (Å²) in [6.45, 7) is 3.66. The molecule has 1 aliphatic carbocycles. The molecule has 2 aromatic rings. The Hall–Kier alpha value is -2.97. The zero-order chi connectivity index (χ0) is 21.7. The normalized spacial score (nSPS) is 13.5. The molecule has 0 spiro atoms. The van der Waals surface area contributed by atoms with Crippen LogP contribution in [-0.4, -0.2) is 33.8 Å². The van der Waals surface area contributed by atoms with Crippen LogP contribution in [0.1, 0.15) is 28.8 Å². The third-order valence-corrected chi connectivity index (χ3v) is 6.10. The first-order chi connectivity index (χ1) is 14.3. The first-order valence-electron chi connectivity index (χ1n) is 9.66. The quantitative estimate of drug-likeness (QED) is 0.602. The molecule has 0 radical (unpaired) electrons. The summed E-state index contributed by atoms with van der Waals surface area (Å²) in [4.78, 5) is 26.7. The number of amides is 2. The van der Waals surface area contributed by atoms with Crippen LogP contribution in [0.25, 0.3) is 0 Å². The molecule has 0 heterocycles. The van der Waals surface area contributed by atoms with Crippen LogP contribution >= 0.6 is 0 Å². The van der Waals surface area contributed by atoms with E-state index in [4.69, 9.17) is 0 Å². The molecule has 2 N–H and O–H groups in total. The third-order valence-electron chi connectivity index (χ3n) is 4.78. The average Bonchev–Trinajstić information content (AvgIpc) is 3.58. The second-order valence-corrected chi connectivity index (χ2v) is 9.04. The van der Waals surface area contributed by atoms with E-state index in [9.17, 15) is 18.0 Å². The van der Waals surface area contributed by atoms with Crippen molar-refractivity contribution in [2.24, 2.45) is 5.92 Å². The highest BCUT2D eigenvalue weighted by Crippen LogP contribution is 2.33. The zero-order valence-electron chi connectivity index (χ0n) is 16.8. The van der Waals surface area contributed by atoms with Gasteiger partial charge in [-0.3, -0.25) is 9.59 Å². The van der Waals surface area contributed by atoms with E-state index >= 15 is 0 Å². The Morgan fingerprint density at radius 1 is 1.13 bits per heavy atom. The largest absolute Gasteiger partial charge is 0.322 e. The summed E-state index contributed by atoms with van der Waals surface area (Å²) in [6.07, 6.45) is 3.26. The maximum atomic E-state index is 12.8. The van der Waals surface area contributed by atoms with E-state index in [1.807, 2.05) is 0 Å². The number of hydrogen-bond acceptors (Lipinski definition) is 4. The number of nitrogens with one attached hydrogen (secondary N) is 2. The SMILES string of the molecule is C=CCNS(=O)(=O)Cc1ccc(NC(=O)c2ccccc2N(C)C(=O)C2CC2)cc1. The molecule has 7 nitrogen and oxygen atoms in total. The summed E-state index contributed by atoms with van der Waals surface area (Å²) >= 11 is 0. The molecule has 0 bridgehead atoms. The number of para-hydroxylation sites is 1. The van der Waals surface area contributed by atoms with E-state index in [0.717, 1.165) is 12.8 Å². The van der Waals surface area contributed by atoms with Gasteiger partial charge in [0, 0.05) is 25.2 Å². The van der Waals surface area contributed by atoms with Crippen LogP contribution in [0.15, 0.2) is 61.2 Å². The number of benzene rings is 2. The van der Waals surface area contributed by atoms with Gasteiger partial charge in [0.2, 0.25) is 15.9 Å². The van der Waals surface area contributed by atoms with Gasteiger partial charge in [-0.25, -0.2) is 13.1 Å². The Morgan fingerprint density at radius 3 is 2.43 bits per heavy atom. The molecule has 1 saturated carbocycles. The van der Waals surface area contributed by atoms with E-state index in [1.54, 1.807) is 55.6 Å². The van der Waals surface area contributed by atoms with Gasteiger partial charge in [0.05, 0.1) is 17.0 Å². The summed E-state index contributed by atoms with van der Waals surface area (Å²) in [5, 5.41) is 2.81. The van der Waals surface area contributed by atoms with E-state index in [0.29, 0.717) is 22.5 Å². The van der Waals surface area contributed by atoms with Gasteiger partial charge < -0.3 is 10.2 Å². The first kappa shape index (κ1) is 21.7. The Morgan fingerprint density at radius 2 is 1.80 bits per heavy atom. The van der Waals surface area contributed by atoms with Gasteiger partial charge in [-0.05, 0) is 42.7 Å². The van der Waals surface area contributed by atoms with E-state index in [-0.39, 0.29) is 30.0 Å². The molecule has 2 aromatic carbocycles. The molecule has 0 aromatic heterocycles. The van der Waals surface area contributed by atoms with Gasteiger partial charge in [-0.15, -0.1) is 6.58 Å². The van der Waals surface area contributed by atoms with Crippen molar-refractivity contribution in [1.29, 1.82) is 0 Å². The standard InChI is InChI=1S/C22H25N3O4S/c1-3-14-23-30(28,29)15-16-8-12-18(13-9-16)24-21(26)19-6-4-5-7-20(19)25(2)22(27)17-10-11-17/h3-9,12-13,17,23H,1,10-11,14-15H2,2H3,(H,24,26). The van der Waals surface area contributed by atoms with Crippen molar-refractivity contribution < 1.29 is 18.0 Å². The number of carbonyl (C=O) groups is 2. The fourth-order valence-electron chi connectivity index (χ4n) is 3.02. The second kappa shape index (κ2) is 9.23. The zero-order valence-corrected chi connectivity index (χ0v) is 17.6. The van der Waals surface area contributed by atoms with Crippen LogP contribution in [-0.2, 0) is 20.6 Å². The lowest BCUT2D eigenvalue weighted by atomic mass is 10.1. The highest BCUT2D eigenvalue weighted by atomic mass is 32.2. The van der Waals surface area contributed by atoms with Gasteiger partial charge in [-0.1, -0.05) is 30.3 Å². The Balaban J connectivity index is 1.69. The van der Waals surface area contributed by atoms with Crippen LogP contribution in [0.3, 0.4) is 0 Å². The highest BCUT2D eigenvalue weighted by Gasteiger charge is 2.33. The highest BCUT2D eigenvalue weighted by molar-refractivity contribution is 7.88. The second-order valence-electron chi connectivity index (χ2n) is 7.24. The molecule has 1 aliphatic rings. The van der Waals surface area contributed by atoms with Crippen LogP contribution in [0.5, 0.6) is 0 Å². The molecule has 0 saturated heterocycles. The molecular formula is C22H25N3O4S. The number of carbonyl (C=O) groups excluding carboxylic acids is 2. The third kappa shape index (κ3) is 5.55. The number of sulfonamides is 1. The molecule has 0 atom stereocenters. The van der Waals surface area contributed by atoms with Crippen molar-refractivity contribution in [2.45, 2.75) is 18.6 Å². The fraction of sp³-hybridized carbons (Fsp3) is 0.273. The lowest BCUT2D eigenvalue weighted by Gasteiger charge is -2.20. The van der Waals surface area contributed by atoms with E-state index in [1.165, 1.54) is 11.0 Å². The average molecular weight is 428 g/mol. The minimum Gasteiger partial charge on any atom is -0.322 e. The summed E-state index contributed by atoms with van der Waals surface area (Å²) in [6, 6.07) is 13.6. The first-order valence-corrected chi connectivity index (χ1v) is 11.3. The van der Waals surface area contributed by atoms with Gasteiger partial charge >= 0.3 is 0 Å². The number of rotatable bonds is 9. The van der Waals surface area contributed by atoms with E-state index < -0.39 is 10.0 Å². The summed E-state index contributed by atoms with van der Waals surface area (Å²) in [7, 11) is -1.76. The predicted molar refractivity (Wildman–Crippen MR) is 118 cm³/mol. The maximum absolute atomic E-state index is 12.8. The monoisotopic (exact) mass is 427 g/mol. The topological polar surface area (TPSA) is 95.6 Å². The minimum atomic E-state index is -3.45. The van der Waals surface area contributed by atoms with Gasteiger partial charge in [0.15, 0.2) is 0 Å². The van der Waals surface area contributed by atoms with Crippen molar-refractivity contribution in [3.05, 3.63) is 72.3 Å². The molecule has 8 heteroatoms. The molecule has 1 fully saturated rings. The van der Waals surface area contributed by atoms with E-state index in [2.05, 4.69) is 16.6 Å². The van der Waals surface area contributed by atoms with Crippen molar-refractivity contribution in [2.75, 3.05) is 23.8 Å². The lowest BCUT2D eigenvalue weighted by molar-refractivity contribution is -0.119. The maximum Gasteiger partial charge on any atom is 0.257 e. The van der Waals surface area contributed by atoms with Crippen molar-refractivity contribution in [1.82, 2.24) is 4.72 Å². The van der Waals surface area contributed by atoms with Crippen LogP contribution in [0.4, 0.5) is 11.4 Å². The molecular weight excluding hydrogens is 402 g/mol. The number of hydrogen-bond donors (Lipinski definition) is 2. The summed E-state index contributed by atoms with van der Waals surface area (Å²) < 4.78 is 26.3. The predicted octanol–water partition coefficient (Wildman–Crippen LogP) is 2.92. The Bertz CT molecular complexity index is 1040. The molecule has 0 aliphatic heterocycles.